The van der Waals surface area contributed by atoms with Gasteiger partial charge in [0.2, 0.25) is 0 Å². The third kappa shape index (κ3) is 3.18. The Morgan fingerprint density at radius 3 is 2.46 bits per heavy atom. The van der Waals surface area contributed by atoms with Crippen LogP contribution >= 0.6 is 0 Å². The molecule has 7 heteroatoms. The highest BCUT2D eigenvalue weighted by Crippen LogP contribution is 2.18. The first-order valence-electron chi connectivity index (χ1n) is 8.90. The number of amides is 1. The number of fused-ring (bicyclic) bond motifs is 1. The van der Waals surface area contributed by atoms with Gasteiger partial charge in [0.1, 0.15) is 0 Å². The fourth-order valence-corrected chi connectivity index (χ4v) is 3.16. The molecule has 2 heterocycles. The molecular weight excluding hydrogens is 354 g/mol. The van der Waals surface area contributed by atoms with Crippen molar-refractivity contribution in [2.45, 2.75) is 13.0 Å². The molecule has 2 aromatic carbocycles. The molecule has 0 radical (unpaired) electrons. The molecule has 0 unspecified atom stereocenters. The smallest absolute Gasteiger partial charge is 0.274 e. The molecule has 0 saturated heterocycles. The number of hydrogen-bond donors (Lipinski definition) is 1. The van der Waals surface area contributed by atoms with Crippen LogP contribution in [0.25, 0.3) is 16.5 Å². The highest BCUT2D eigenvalue weighted by Gasteiger charge is 2.18. The molecule has 1 amide bonds. The highest BCUT2D eigenvalue weighted by atomic mass is 16.2. The van der Waals surface area contributed by atoms with Gasteiger partial charge in [-0.3, -0.25) is 9.59 Å². The van der Waals surface area contributed by atoms with Crippen LogP contribution in [-0.4, -0.2) is 25.2 Å². The van der Waals surface area contributed by atoms with Gasteiger partial charge in [0.05, 0.1) is 17.8 Å². The van der Waals surface area contributed by atoms with E-state index in [0.29, 0.717) is 10.8 Å². The number of rotatable bonds is 4. The van der Waals surface area contributed by atoms with E-state index < -0.39 is 0 Å². The number of carbonyl (C=O) groups is 1. The van der Waals surface area contributed by atoms with Crippen LogP contribution in [0.5, 0.6) is 0 Å². The molecule has 0 spiro atoms. The number of aromatic nitrogens is 4. The fourth-order valence-electron chi connectivity index (χ4n) is 3.16. The van der Waals surface area contributed by atoms with Crippen molar-refractivity contribution in [3.63, 3.8) is 0 Å². The SMILES string of the molecule is C[C@H](NC(=O)c1nn(C)c(=O)c2ccccc12)c1ccc(-n2ccnc2)cc1. The number of imidazole rings is 1. The average molecular weight is 373 g/mol. The molecule has 140 valence electrons. The summed E-state index contributed by atoms with van der Waals surface area (Å²) < 4.78 is 3.11. The fraction of sp³-hybridized carbons (Fsp3) is 0.143. The second-order valence-electron chi connectivity index (χ2n) is 6.58. The van der Waals surface area contributed by atoms with Gasteiger partial charge < -0.3 is 9.88 Å². The first-order valence-corrected chi connectivity index (χ1v) is 8.90. The zero-order valence-electron chi connectivity index (χ0n) is 15.5. The summed E-state index contributed by atoms with van der Waals surface area (Å²) in [6.07, 6.45) is 5.33. The molecule has 4 aromatic rings. The van der Waals surface area contributed by atoms with Crippen LogP contribution in [-0.2, 0) is 7.05 Å². The molecular formula is C21H19N5O2. The summed E-state index contributed by atoms with van der Waals surface area (Å²) in [5.41, 5.74) is 1.96. The predicted molar refractivity (Wildman–Crippen MR) is 106 cm³/mol. The minimum absolute atomic E-state index is 0.220. The maximum Gasteiger partial charge on any atom is 0.274 e. The number of benzene rings is 2. The van der Waals surface area contributed by atoms with Gasteiger partial charge in [-0.1, -0.05) is 30.3 Å². The van der Waals surface area contributed by atoms with Crippen molar-refractivity contribution in [2.75, 3.05) is 0 Å². The maximum atomic E-state index is 12.9. The molecule has 0 saturated carbocycles. The molecule has 2 aromatic heterocycles. The van der Waals surface area contributed by atoms with E-state index in [1.807, 2.05) is 42.0 Å². The number of nitrogens with zero attached hydrogens (tertiary/aromatic N) is 4. The number of carbonyl (C=O) groups excluding carboxylic acids is 1. The molecule has 0 fully saturated rings. The highest BCUT2D eigenvalue weighted by molar-refractivity contribution is 6.04. The van der Waals surface area contributed by atoms with Crippen LogP contribution in [0, 0.1) is 0 Å². The van der Waals surface area contributed by atoms with Crippen LogP contribution in [0.4, 0.5) is 0 Å². The van der Waals surface area contributed by atoms with E-state index in [9.17, 15) is 9.59 Å². The molecule has 1 N–H and O–H groups in total. The summed E-state index contributed by atoms with van der Waals surface area (Å²) in [4.78, 5) is 29.1. The molecule has 0 aliphatic heterocycles. The van der Waals surface area contributed by atoms with Gasteiger partial charge in [-0.15, -0.1) is 0 Å². The van der Waals surface area contributed by atoms with Crippen LogP contribution < -0.4 is 10.9 Å². The van der Waals surface area contributed by atoms with Crippen molar-refractivity contribution in [3.05, 3.63) is 88.9 Å². The van der Waals surface area contributed by atoms with Gasteiger partial charge in [0.25, 0.3) is 11.5 Å². The first-order chi connectivity index (χ1) is 13.5. The summed E-state index contributed by atoms with van der Waals surface area (Å²) >= 11 is 0. The third-order valence-electron chi connectivity index (χ3n) is 4.71. The van der Waals surface area contributed by atoms with Crippen molar-refractivity contribution in [1.82, 2.24) is 24.6 Å². The molecule has 1 atom stereocenters. The first kappa shape index (κ1) is 17.7. The molecule has 4 rings (SSSR count). The number of hydrogen-bond acceptors (Lipinski definition) is 4. The van der Waals surface area contributed by atoms with Crippen molar-refractivity contribution < 1.29 is 4.79 Å². The van der Waals surface area contributed by atoms with E-state index in [1.54, 1.807) is 43.8 Å². The predicted octanol–water partition coefficient (Wildman–Crippen LogP) is 2.61. The molecule has 0 aliphatic rings. The zero-order valence-corrected chi connectivity index (χ0v) is 15.5. The Kier molecular flexibility index (Phi) is 4.49. The molecule has 0 bridgehead atoms. The second-order valence-corrected chi connectivity index (χ2v) is 6.58. The van der Waals surface area contributed by atoms with E-state index in [4.69, 9.17) is 0 Å². The van der Waals surface area contributed by atoms with E-state index in [1.165, 1.54) is 4.68 Å². The lowest BCUT2D eigenvalue weighted by molar-refractivity contribution is 0.0934. The Balaban J connectivity index is 1.59. The molecule has 28 heavy (non-hydrogen) atoms. The van der Waals surface area contributed by atoms with Gasteiger partial charge in [0.15, 0.2) is 5.69 Å². The Morgan fingerprint density at radius 1 is 1.07 bits per heavy atom. The van der Waals surface area contributed by atoms with E-state index in [0.717, 1.165) is 11.3 Å². The van der Waals surface area contributed by atoms with Crippen molar-refractivity contribution >= 4 is 16.7 Å². The van der Waals surface area contributed by atoms with Gasteiger partial charge >= 0.3 is 0 Å². The van der Waals surface area contributed by atoms with Gasteiger partial charge in [-0.05, 0) is 30.7 Å². The Morgan fingerprint density at radius 2 is 1.79 bits per heavy atom. The van der Waals surface area contributed by atoms with Crippen LogP contribution in [0.2, 0.25) is 0 Å². The van der Waals surface area contributed by atoms with Crippen LogP contribution in [0.15, 0.2) is 72.0 Å². The summed E-state index contributed by atoms with van der Waals surface area (Å²) in [7, 11) is 1.55. The number of nitrogens with one attached hydrogen (secondary N) is 1. The van der Waals surface area contributed by atoms with E-state index in [2.05, 4.69) is 15.4 Å². The second kappa shape index (κ2) is 7.11. The van der Waals surface area contributed by atoms with Crippen molar-refractivity contribution in [1.29, 1.82) is 0 Å². The standard InChI is InChI=1S/C21H19N5O2/c1-14(15-7-9-16(10-8-15)26-12-11-22-13-26)23-20(27)19-17-5-3-4-6-18(17)21(28)25(2)24-19/h3-14H,1-2H3,(H,23,27)/t14-/m0/s1. The third-order valence-corrected chi connectivity index (χ3v) is 4.71. The average Bonchev–Trinajstić information content (AvgIpc) is 3.25. The lowest BCUT2D eigenvalue weighted by atomic mass is 10.1. The quantitative estimate of drug-likeness (QED) is 0.596. The largest absolute Gasteiger partial charge is 0.344 e. The molecule has 0 aliphatic carbocycles. The van der Waals surface area contributed by atoms with Gasteiger partial charge in [-0.2, -0.15) is 5.10 Å². The lowest BCUT2D eigenvalue weighted by Crippen LogP contribution is -2.31. The van der Waals surface area contributed by atoms with Gasteiger partial charge in [0, 0.05) is 30.5 Å². The number of aryl methyl sites for hydroxylation is 1. The summed E-state index contributed by atoms with van der Waals surface area (Å²) in [6, 6.07) is 14.7. The van der Waals surface area contributed by atoms with Gasteiger partial charge in [-0.25, -0.2) is 9.67 Å². The lowest BCUT2D eigenvalue weighted by Gasteiger charge is -2.16. The Bertz CT molecular complexity index is 1190. The normalized spacial score (nSPS) is 12.1. The van der Waals surface area contributed by atoms with Crippen LogP contribution in [0.3, 0.4) is 0 Å². The topological polar surface area (TPSA) is 81.8 Å². The van der Waals surface area contributed by atoms with E-state index in [-0.39, 0.29) is 23.2 Å². The monoisotopic (exact) mass is 373 g/mol. The zero-order chi connectivity index (χ0) is 19.7. The van der Waals surface area contributed by atoms with Crippen molar-refractivity contribution in [2.24, 2.45) is 7.05 Å². The minimum Gasteiger partial charge on any atom is -0.344 e. The summed E-state index contributed by atoms with van der Waals surface area (Å²) in [5.74, 6) is -0.321. The Hall–Kier alpha value is -3.74. The Labute approximate surface area is 161 Å². The summed E-state index contributed by atoms with van der Waals surface area (Å²) in [6.45, 7) is 1.91. The van der Waals surface area contributed by atoms with Crippen LogP contribution in [0.1, 0.15) is 29.0 Å². The maximum absolute atomic E-state index is 12.9. The minimum atomic E-state index is -0.321. The summed E-state index contributed by atoms with van der Waals surface area (Å²) in [5, 5.41) is 8.17. The van der Waals surface area contributed by atoms with Crippen molar-refractivity contribution in [3.8, 4) is 5.69 Å². The molecule has 7 nitrogen and oxygen atoms in total. The van der Waals surface area contributed by atoms with E-state index >= 15 is 0 Å².